The van der Waals surface area contributed by atoms with Gasteiger partial charge in [0.25, 0.3) is 5.91 Å². The van der Waals surface area contributed by atoms with Crippen molar-refractivity contribution in [2.75, 3.05) is 13.2 Å². The lowest BCUT2D eigenvalue weighted by atomic mass is 10.1. The number of nitrogens with zero attached hydrogens (tertiary/aromatic N) is 3. The van der Waals surface area contributed by atoms with Gasteiger partial charge in [0.05, 0.1) is 12.4 Å². The minimum Gasteiger partial charge on any atom is -0.482 e. The fourth-order valence-corrected chi connectivity index (χ4v) is 3.39. The summed E-state index contributed by atoms with van der Waals surface area (Å²) in [5.74, 6) is 1.32. The standard InChI is InChI=1S/C21H20FN3O3/c22-16-5-1-4-15(10-16)11-18-13-24-21(28-18)19-7-3-9-25(19)20(26)14-27-17-6-2-8-23-12-17/h1-2,4-6,8,10,12-13,19H,3,7,9,11,14H2/t19-/m0/s1. The predicted octanol–water partition coefficient (Wildman–Crippen LogP) is 3.54. The lowest BCUT2D eigenvalue weighted by Crippen LogP contribution is -2.34. The summed E-state index contributed by atoms with van der Waals surface area (Å²) in [6.07, 6.45) is 6.99. The van der Waals surface area contributed by atoms with Crippen LogP contribution in [0, 0.1) is 5.82 Å². The highest BCUT2D eigenvalue weighted by atomic mass is 19.1. The topological polar surface area (TPSA) is 68.5 Å². The van der Waals surface area contributed by atoms with Gasteiger partial charge in [0.15, 0.2) is 6.61 Å². The van der Waals surface area contributed by atoms with Crippen molar-refractivity contribution in [2.45, 2.75) is 25.3 Å². The third-order valence-corrected chi connectivity index (χ3v) is 4.69. The molecule has 0 unspecified atom stereocenters. The predicted molar refractivity (Wildman–Crippen MR) is 99.1 cm³/mol. The highest BCUT2D eigenvalue weighted by Crippen LogP contribution is 2.32. The van der Waals surface area contributed by atoms with Crippen molar-refractivity contribution in [1.29, 1.82) is 0 Å². The van der Waals surface area contributed by atoms with Gasteiger partial charge in [0.2, 0.25) is 5.89 Å². The maximum absolute atomic E-state index is 13.3. The molecule has 3 aromatic rings. The van der Waals surface area contributed by atoms with E-state index >= 15 is 0 Å². The first kappa shape index (κ1) is 18.2. The molecule has 3 heterocycles. The smallest absolute Gasteiger partial charge is 0.261 e. The number of aromatic nitrogens is 2. The summed E-state index contributed by atoms with van der Waals surface area (Å²) in [6, 6.07) is 9.70. The van der Waals surface area contributed by atoms with Gasteiger partial charge < -0.3 is 14.1 Å². The van der Waals surface area contributed by atoms with Crippen molar-refractivity contribution >= 4 is 5.91 Å². The Kier molecular flexibility index (Phi) is 5.32. The van der Waals surface area contributed by atoms with Crippen molar-refractivity contribution in [3.8, 4) is 5.75 Å². The summed E-state index contributed by atoms with van der Waals surface area (Å²) in [5.41, 5.74) is 0.812. The number of carbonyl (C=O) groups is 1. The molecular weight excluding hydrogens is 361 g/mol. The molecule has 28 heavy (non-hydrogen) atoms. The van der Waals surface area contributed by atoms with Crippen LogP contribution in [0.4, 0.5) is 4.39 Å². The van der Waals surface area contributed by atoms with E-state index in [1.54, 1.807) is 41.7 Å². The molecule has 1 aliphatic rings. The average molecular weight is 381 g/mol. The SMILES string of the molecule is O=C(COc1cccnc1)N1CCC[C@H]1c1ncc(Cc2cccc(F)c2)o1. The summed E-state index contributed by atoms with van der Waals surface area (Å²) in [5, 5.41) is 0. The summed E-state index contributed by atoms with van der Waals surface area (Å²) in [6.45, 7) is 0.584. The Balaban J connectivity index is 1.40. The van der Waals surface area contributed by atoms with Crippen molar-refractivity contribution in [1.82, 2.24) is 14.9 Å². The van der Waals surface area contributed by atoms with Crippen LogP contribution >= 0.6 is 0 Å². The number of amides is 1. The quantitative estimate of drug-likeness (QED) is 0.653. The Labute approximate surface area is 162 Å². The van der Waals surface area contributed by atoms with E-state index in [1.165, 1.54) is 12.1 Å². The molecule has 7 heteroatoms. The maximum atomic E-state index is 13.3. The zero-order valence-corrected chi connectivity index (χ0v) is 15.3. The van der Waals surface area contributed by atoms with Gasteiger partial charge in [-0.25, -0.2) is 9.37 Å². The van der Waals surface area contributed by atoms with Gasteiger partial charge >= 0.3 is 0 Å². The molecule has 1 fully saturated rings. The number of likely N-dealkylation sites (tertiary alicyclic amines) is 1. The molecule has 2 aromatic heterocycles. The molecule has 0 spiro atoms. The van der Waals surface area contributed by atoms with Crippen LogP contribution in [0.25, 0.3) is 0 Å². The van der Waals surface area contributed by atoms with Crippen LogP contribution in [0.3, 0.4) is 0 Å². The summed E-state index contributed by atoms with van der Waals surface area (Å²) >= 11 is 0. The number of rotatable bonds is 6. The molecular formula is C21H20FN3O3. The first-order valence-electron chi connectivity index (χ1n) is 9.20. The average Bonchev–Trinajstić information content (AvgIpc) is 3.36. The lowest BCUT2D eigenvalue weighted by molar-refractivity contribution is -0.134. The molecule has 6 nitrogen and oxygen atoms in total. The van der Waals surface area contributed by atoms with Gasteiger partial charge in [0.1, 0.15) is 23.4 Å². The molecule has 1 saturated heterocycles. The highest BCUT2D eigenvalue weighted by Gasteiger charge is 2.33. The van der Waals surface area contributed by atoms with Crippen LogP contribution < -0.4 is 4.74 Å². The Morgan fingerprint density at radius 3 is 3.04 bits per heavy atom. The van der Waals surface area contributed by atoms with E-state index in [0.717, 1.165) is 18.4 Å². The molecule has 4 rings (SSSR count). The third-order valence-electron chi connectivity index (χ3n) is 4.69. The van der Waals surface area contributed by atoms with Crippen molar-refractivity contribution < 1.29 is 18.3 Å². The van der Waals surface area contributed by atoms with Crippen LogP contribution in [0.2, 0.25) is 0 Å². The van der Waals surface area contributed by atoms with Crippen molar-refractivity contribution in [3.05, 3.63) is 78.0 Å². The fourth-order valence-electron chi connectivity index (χ4n) is 3.39. The molecule has 1 amide bonds. The third kappa shape index (κ3) is 4.19. The number of pyridine rings is 1. The van der Waals surface area contributed by atoms with Gasteiger partial charge in [-0.3, -0.25) is 9.78 Å². The van der Waals surface area contributed by atoms with Crippen molar-refractivity contribution in [2.24, 2.45) is 0 Å². The van der Waals surface area contributed by atoms with E-state index in [0.29, 0.717) is 30.4 Å². The Bertz CT molecular complexity index is 945. The summed E-state index contributed by atoms with van der Waals surface area (Å²) in [7, 11) is 0. The Morgan fingerprint density at radius 1 is 1.29 bits per heavy atom. The van der Waals surface area contributed by atoms with Gasteiger partial charge in [-0.15, -0.1) is 0 Å². The van der Waals surface area contributed by atoms with E-state index < -0.39 is 0 Å². The largest absolute Gasteiger partial charge is 0.482 e. The van der Waals surface area contributed by atoms with Gasteiger partial charge in [-0.05, 0) is 42.7 Å². The zero-order chi connectivity index (χ0) is 19.3. The number of hydrogen-bond acceptors (Lipinski definition) is 5. The minimum atomic E-state index is -0.279. The van der Waals surface area contributed by atoms with E-state index in [4.69, 9.17) is 9.15 Å². The first-order chi connectivity index (χ1) is 13.7. The number of halogens is 1. The maximum Gasteiger partial charge on any atom is 0.261 e. The molecule has 0 aliphatic carbocycles. The second-order valence-corrected chi connectivity index (χ2v) is 6.69. The van der Waals surface area contributed by atoms with E-state index in [2.05, 4.69) is 9.97 Å². The van der Waals surface area contributed by atoms with Gasteiger partial charge in [-0.1, -0.05) is 12.1 Å². The first-order valence-corrected chi connectivity index (χ1v) is 9.20. The molecule has 1 aliphatic heterocycles. The number of ether oxygens (including phenoxy) is 1. The number of carbonyl (C=O) groups excluding carboxylic acids is 1. The zero-order valence-electron chi connectivity index (χ0n) is 15.3. The molecule has 144 valence electrons. The van der Waals surface area contributed by atoms with Crippen molar-refractivity contribution in [3.63, 3.8) is 0 Å². The molecule has 0 bridgehead atoms. The van der Waals surface area contributed by atoms with Crippen LogP contribution in [0.1, 0.15) is 36.1 Å². The number of hydrogen-bond donors (Lipinski definition) is 0. The van der Waals surface area contributed by atoms with Gasteiger partial charge in [-0.2, -0.15) is 0 Å². The number of benzene rings is 1. The van der Waals surface area contributed by atoms with E-state index in [-0.39, 0.29) is 24.4 Å². The fraction of sp³-hybridized carbons (Fsp3) is 0.286. The number of oxazole rings is 1. The summed E-state index contributed by atoms with van der Waals surface area (Å²) in [4.78, 5) is 22.7. The second kappa shape index (κ2) is 8.21. The summed E-state index contributed by atoms with van der Waals surface area (Å²) < 4.78 is 24.7. The molecule has 0 radical (unpaired) electrons. The minimum absolute atomic E-state index is 0.0565. The highest BCUT2D eigenvalue weighted by molar-refractivity contribution is 5.78. The monoisotopic (exact) mass is 381 g/mol. The molecule has 1 aromatic carbocycles. The van der Waals surface area contributed by atoms with E-state index in [1.807, 2.05) is 6.07 Å². The lowest BCUT2D eigenvalue weighted by Gasteiger charge is -2.22. The second-order valence-electron chi connectivity index (χ2n) is 6.69. The normalized spacial score (nSPS) is 16.3. The van der Waals surface area contributed by atoms with Crippen LogP contribution in [-0.2, 0) is 11.2 Å². The van der Waals surface area contributed by atoms with Gasteiger partial charge in [0, 0.05) is 19.2 Å². The molecule has 0 N–H and O–H groups in total. The van der Waals surface area contributed by atoms with E-state index in [9.17, 15) is 9.18 Å². The van der Waals surface area contributed by atoms with Crippen LogP contribution in [0.15, 0.2) is 59.4 Å². The van der Waals surface area contributed by atoms with Crippen LogP contribution in [0.5, 0.6) is 5.75 Å². The Morgan fingerprint density at radius 2 is 2.21 bits per heavy atom. The molecule has 0 saturated carbocycles. The molecule has 1 atom stereocenters. The Hall–Kier alpha value is -3.22. The van der Waals surface area contributed by atoms with Crippen LogP contribution in [-0.4, -0.2) is 33.9 Å².